The molecule has 1 fully saturated rings. The fourth-order valence-corrected chi connectivity index (χ4v) is 4.21. The molecule has 1 aliphatic rings. The standard InChI is InChI=1S/C27H28N4O3S/c1-19-5-3-4-6-24(19)25(32)29-27(35)28-21-9-11-22(12-10-21)30-15-17-31(18-16-30)26(33)20-7-13-23(34-2)14-8-20/h3-14H,15-18H2,1-2H3,(H2,28,29,32,35). The van der Waals surface area contributed by atoms with E-state index in [4.69, 9.17) is 17.0 Å². The number of methoxy groups -OCH3 is 1. The zero-order valence-electron chi connectivity index (χ0n) is 19.8. The molecular weight excluding hydrogens is 460 g/mol. The van der Waals surface area contributed by atoms with Gasteiger partial charge < -0.3 is 19.9 Å². The van der Waals surface area contributed by atoms with Gasteiger partial charge in [-0.25, -0.2) is 0 Å². The lowest BCUT2D eigenvalue weighted by Crippen LogP contribution is -2.48. The molecule has 7 nitrogen and oxygen atoms in total. The van der Waals surface area contributed by atoms with Crippen LogP contribution in [-0.4, -0.2) is 55.1 Å². The third-order valence-electron chi connectivity index (χ3n) is 6.01. The van der Waals surface area contributed by atoms with Gasteiger partial charge in [0.2, 0.25) is 0 Å². The van der Waals surface area contributed by atoms with Crippen molar-refractivity contribution >= 4 is 40.5 Å². The van der Waals surface area contributed by atoms with Gasteiger partial charge in [-0.3, -0.25) is 14.9 Å². The average molecular weight is 489 g/mol. The van der Waals surface area contributed by atoms with Gasteiger partial charge in [0.05, 0.1) is 7.11 Å². The Labute approximate surface area is 210 Å². The highest BCUT2D eigenvalue weighted by molar-refractivity contribution is 7.80. The summed E-state index contributed by atoms with van der Waals surface area (Å²) in [4.78, 5) is 29.4. The van der Waals surface area contributed by atoms with Crippen molar-refractivity contribution in [2.24, 2.45) is 0 Å². The second-order valence-corrected chi connectivity index (χ2v) is 8.69. The fraction of sp³-hybridized carbons (Fsp3) is 0.222. The Bertz CT molecular complexity index is 1200. The van der Waals surface area contributed by atoms with Gasteiger partial charge in [-0.1, -0.05) is 18.2 Å². The molecule has 3 aromatic carbocycles. The fourth-order valence-electron chi connectivity index (χ4n) is 4.00. The molecule has 2 N–H and O–H groups in total. The predicted molar refractivity (Wildman–Crippen MR) is 142 cm³/mol. The second-order valence-electron chi connectivity index (χ2n) is 8.28. The monoisotopic (exact) mass is 488 g/mol. The number of thiocarbonyl (C=S) groups is 1. The molecule has 0 unspecified atom stereocenters. The van der Waals surface area contributed by atoms with E-state index in [0.717, 1.165) is 35.8 Å². The zero-order chi connectivity index (χ0) is 24.8. The van der Waals surface area contributed by atoms with E-state index >= 15 is 0 Å². The number of rotatable bonds is 5. The molecule has 1 aliphatic heterocycles. The summed E-state index contributed by atoms with van der Waals surface area (Å²) in [5.74, 6) is 0.533. The van der Waals surface area contributed by atoms with Crippen molar-refractivity contribution in [2.75, 3.05) is 43.5 Å². The first-order chi connectivity index (χ1) is 16.9. The lowest BCUT2D eigenvalue weighted by Gasteiger charge is -2.36. The molecule has 35 heavy (non-hydrogen) atoms. The number of aryl methyl sites for hydroxylation is 1. The van der Waals surface area contributed by atoms with Gasteiger partial charge >= 0.3 is 0 Å². The van der Waals surface area contributed by atoms with Crippen LogP contribution in [0.4, 0.5) is 11.4 Å². The number of carbonyl (C=O) groups excluding carboxylic acids is 2. The van der Waals surface area contributed by atoms with E-state index in [2.05, 4.69) is 15.5 Å². The summed E-state index contributed by atoms with van der Waals surface area (Å²) in [7, 11) is 1.61. The van der Waals surface area contributed by atoms with Gasteiger partial charge in [0, 0.05) is 48.7 Å². The molecule has 0 spiro atoms. The molecule has 4 rings (SSSR count). The molecule has 2 amide bonds. The first-order valence-corrected chi connectivity index (χ1v) is 11.8. The van der Waals surface area contributed by atoms with Gasteiger partial charge in [-0.15, -0.1) is 0 Å². The SMILES string of the molecule is COc1ccc(C(=O)N2CCN(c3ccc(NC(=S)NC(=O)c4ccccc4C)cc3)CC2)cc1. The van der Waals surface area contributed by atoms with Crippen LogP contribution in [0.5, 0.6) is 5.75 Å². The quantitative estimate of drug-likeness (QED) is 0.527. The summed E-state index contributed by atoms with van der Waals surface area (Å²) < 4.78 is 5.16. The molecular formula is C27H28N4O3S. The Kier molecular flexibility index (Phi) is 7.62. The molecule has 1 saturated heterocycles. The van der Waals surface area contributed by atoms with Crippen LogP contribution in [-0.2, 0) is 0 Å². The number of hydrogen-bond acceptors (Lipinski definition) is 5. The highest BCUT2D eigenvalue weighted by atomic mass is 32.1. The van der Waals surface area contributed by atoms with Crippen molar-refractivity contribution in [1.82, 2.24) is 10.2 Å². The summed E-state index contributed by atoms with van der Waals surface area (Å²) >= 11 is 5.31. The number of hydrogen-bond donors (Lipinski definition) is 2. The van der Waals surface area contributed by atoms with Crippen molar-refractivity contribution in [3.05, 3.63) is 89.5 Å². The minimum Gasteiger partial charge on any atom is -0.497 e. The van der Waals surface area contributed by atoms with Gasteiger partial charge in [0.25, 0.3) is 11.8 Å². The minimum absolute atomic E-state index is 0.0353. The molecule has 1 heterocycles. The van der Waals surface area contributed by atoms with E-state index in [1.54, 1.807) is 37.4 Å². The third-order valence-corrected chi connectivity index (χ3v) is 6.22. The lowest BCUT2D eigenvalue weighted by atomic mass is 10.1. The van der Waals surface area contributed by atoms with Crippen molar-refractivity contribution in [3.63, 3.8) is 0 Å². The Hall–Kier alpha value is -3.91. The molecule has 0 aliphatic carbocycles. The summed E-state index contributed by atoms with van der Waals surface area (Å²) in [5, 5.41) is 6.03. The molecule has 0 radical (unpaired) electrons. The molecule has 0 saturated carbocycles. The van der Waals surface area contributed by atoms with E-state index < -0.39 is 0 Å². The maximum atomic E-state index is 12.8. The van der Waals surface area contributed by atoms with Crippen molar-refractivity contribution in [1.29, 1.82) is 0 Å². The number of ether oxygens (including phenoxy) is 1. The van der Waals surface area contributed by atoms with E-state index in [9.17, 15) is 9.59 Å². The summed E-state index contributed by atoms with van der Waals surface area (Å²) in [5.41, 5.74) is 4.01. The first kappa shape index (κ1) is 24.2. The van der Waals surface area contributed by atoms with Crippen molar-refractivity contribution in [3.8, 4) is 5.75 Å². The van der Waals surface area contributed by atoms with Crippen LogP contribution in [0.1, 0.15) is 26.3 Å². The van der Waals surface area contributed by atoms with E-state index in [0.29, 0.717) is 24.2 Å². The van der Waals surface area contributed by atoms with E-state index in [-0.39, 0.29) is 16.9 Å². The maximum absolute atomic E-state index is 12.8. The van der Waals surface area contributed by atoms with Crippen LogP contribution in [0.2, 0.25) is 0 Å². The molecule has 0 atom stereocenters. The third kappa shape index (κ3) is 5.96. The average Bonchev–Trinajstić information content (AvgIpc) is 2.89. The first-order valence-electron chi connectivity index (χ1n) is 11.4. The molecule has 8 heteroatoms. The number of piperazine rings is 1. The van der Waals surface area contributed by atoms with Gasteiger partial charge in [0.15, 0.2) is 5.11 Å². The topological polar surface area (TPSA) is 73.9 Å². The van der Waals surface area contributed by atoms with Crippen LogP contribution in [0.25, 0.3) is 0 Å². The molecule has 180 valence electrons. The van der Waals surface area contributed by atoms with Gasteiger partial charge in [-0.2, -0.15) is 0 Å². The largest absolute Gasteiger partial charge is 0.497 e. The van der Waals surface area contributed by atoms with Crippen molar-refractivity contribution in [2.45, 2.75) is 6.92 Å². The lowest BCUT2D eigenvalue weighted by molar-refractivity contribution is 0.0746. The number of amides is 2. The maximum Gasteiger partial charge on any atom is 0.257 e. The van der Waals surface area contributed by atoms with Crippen LogP contribution < -0.4 is 20.3 Å². The number of nitrogens with one attached hydrogen (secondary N) is 2. The summed E-state index contributed by atoms with van der Waals surface area (Å²) in [6.45, 7) is 4.69. The summed E-state index contributed by atoms with van der Waals surface area (Å²) in [6, 6.07) is 22.5. The Morgan fingerprint density at radius 3 is 2.17 bits per heavy atom. The molecule has 0 bridgehead atoms. The number of carbonyl (C=O) groups is 2. The second kappa shape index (κ2) is 11.0. The van der Waals surface area contributed by atoms with Gasteiger partial charge in [-0.05, 0) is 79.3 Å². The zero-order valence-corrected chi connectivity index (χ0v) is 20.6. The van der Waals surface area contributed by atoms with E-state index in [1.807, 2.05) is 54.3 Å². The van der Waals surface area contributed by atoms with Crippen molar-refractivity contribution < 1.29 is 14.3 Å². The Balaban J connectivity index is 1.28. The summed E-state index contributed by atoms with van der Waals surface area (Å²) in [6.07, 6.45) is 0. The highest BCUT2D eigenvalue weighted by Crippen LogP contribution is 2.21. The highest BCUT2D eigenvalue weighted by Gasteiger charge is 2.22. The van der Waals surface area contributed by atoms with Crippen LogP contribution in [0.3, 0.4) is 0 Å². The van der Waals surface area contributed by atoms with E-state index in [1.165, 1.54) is 0 Å². The van der Waals surface area contributed by atoms with Crippen LogP contribution in [0, 0.1) is 6.92 Å². The van der Waals surface area contributed by atoms with Gasteiger partial charge in [0.1, 0.15) is 5.75 Å². The Morgan fingerprint density at radius 2 is 1.54 bits per heavy atom. The molecule has 3 aromatic rings. The van der Waals surface area contributed by atoms with Crippen LogP contribution >= 0.6 is 12.2 Å². The van der Waals surface area contributed by atoms with Crippen LogP contribution in [0.15, 0.2) is 72.8 Å². The smallest absolute Gasteiger partial charge is 0.257 e. The molecule has 0 aromatic heterocycles. The predicted octanol–water partition coefficient (Wildman–Crippen LogP) is 4.09. The minimum atomic E-state index is -0.237. The Morgan fingerprint density at radius 1 is 0.886 bits per heavy atom. The number of anilines is 2. The number of benzene rings is 3. The number of nitrogens with zero attached hydrogens (tertiary/aromatic N) is 2. The normalized spacial score (nSPS) is 13.2.